The topological polar surface area (TPSA) is 75.5 Å². The Labute approximate surface area is 205 Å². The fraction of sp³-hybridized carbons (Fsp3) is 0.207. The number of carbonyl (C=O) groups is 2. The van der Waals surface area contributed by atoms with Gasteiger partial charge in [-0.25, -0.2) is 5.43 Å². The first-order chi connectivity index (χ1) is 17.0. The molecule has 0 unspecified atom stereocenters. The lowest BCUT2D eigenvalue weighted by Gasteiger charge is -2.24. The largest absolute Gasteiger partial charge is 0.350 e. The number of aryl methyl sites for hydroxylation is 1. The first kappa shape index (κ1) is 24.0. The highest BCUT2D eigenvalue weighted by molar-refractivity contribution is 6.00. The first-order valence-electron chi connectivity index (χ1n) is 11.7. The van der Waals surface area contributed by atoms with E-state index in [1.54, 1.807) is 6.21 Å². The number of aromatic nitrogens is 1. The second-order valence-electron chi connectivity index (χ2n) is 8.93. The van der Waals surface area contributed by atoms with E-state index in [1.807, 2.05) is 117 Å². The third kappa shape index (κ3) is 5.49. The van der Waals surface area contributed by atoms with Crippen LogP contribution in [0.25, 0.3) is 10.9 Å². The zero-order chi connectivity index (χ0) is 24.8. The molecular weight excluding hydrogens is 436 g/mol. The SMILES string of the molecule is CC(C)[C@@H](NC(=O)C(c1ccccc1)c1ccccc1)C(=O)N/N=C\c1cn(C)c2ccccc12. The van der Waals surface area contributed by atoms with Gasteiger partial charge >= 0.3 is 0 Å². The van der Waals surface area contributed by atoms with Crippen LogP contribution in [0.3, 0.4) is 0 Å². The van der Waals surface area contributed by atoms with Crippen molar-refractivity contribution < 1.29 is 9.59 Å². The number of rotatable bonds is 8. The second-order valence-corrected chi connectivity index (χ2v) is 8.93. The maximum absolute atomic E-state index is 13.5. The minimum atomic E-state index is -0.734. The molecule has 0 radical (unpaired) electrons. The number of carbonyl (C=O) groups excluding carboxylic acids is 2. The smallest absolute Gasteiger partial charge is 0.262 e. The molecule has 178 valence electrons. The fourth-order valence-corrected chi connectivity index (χ4v) is 4.27. The summed E-state index contributed by atoms with van der Waals surface area (Å²) in [5, 5.41) is 8.21. The van der Waals surface area contributed by atoms with Crippen LogP contribution in [0, 0.1) is 5.92 Å². The molecule has 4 aromatic rings. The van der Waals surface area contributed by atoms with E-state index in [0.717, 1.165) is 27.6 Å². The zero-order valence-corrected chi connectivity index (χ0v) is 20.2. The summed E-state index contributed by atoms with van der Waals surface area (Å²) in [7, 11) is 1.97. The number of hydrogen-bond acceptors (Lipinski definition) is 3. The van der Waals surface area contributed by atoms with E-state index < -0.39 is 12.0 Å². The molecule has 0 spiro atoms. The number of benzene rings is 3. The Morgan fingerprint density at radius 2 is 1.40 bits per heavy atom. The maximum atomic E-state index is 13.5. The van der Waals surface area contributed by atoms with E-state index in [1.165, 1.54) is 0 Å². The lowest BCUT2D eigenvalue weighted by molar-refractivity contribution is -0.130. The van der Waals surface area contributed by atoms with Crippen molar-refractivity contribution in [3.8, 4) is 0 Å². The molecule has 4 rings (SSSR count). The molecule has 35 heavy (non-hydrogen) atoms. The standard InChI is InChI=1S/C29H30N4O2/c1-20(2)27(29(35)32-30-18-23-19-33(3)25-17-11-10-16-24(23)25)31-28(34)26(21-12-6-4-7-13-21)22-14-8-5-9-15-22/h4-20,26-27H,1-3H3,(H,31,34)(H,32,35)/b30-18-/t27-/m1/s1. The van der Waals surface area contributed by atoms with Gasteiger partial charge in [0.2, 0.25) is 5.91 Å². The van der Waals surface area contributed by atoms with Crippen molar-refractivity contribution in [2.45, 2.75) is 25.8 Å². The predicted octanol–water partition coefficient (Wildman–Crippen LogP) is 4.60. The van der Waals surface area contributed by atoms with Crippen LogP contribution in [0.2, 0.25) is 0 Å². The average molecular weight is 467 g/mol. The molecule has 1 heterocycles. The van der Waals surface area contributed by atoms with Crippen molar-refractivity contribution in [1.82, 2.24) is 15.3 Å². The van der Waals surface area contributed by atoms with E-state index in [-0.39, 0.29) is 17.7 Å². The Bertz CT molecular complexity index is 1290. The molecule has 2 N–H and O–H groups in total. The third-order valence-electron chi connectivity index (χ3n) is 6.08. The molecule has 3 aromatic carbocycles. The summed E-state index contributed by atoms with van der Waals surface area (Å²) in [5.74, 6) is -1.23. The molecular formula is C29H30N4O2. The molecule has 0 aliphatic carbocycles. The Morgan fingerprint density at radius 3 is 2.00 bits per heavy atom. The normalized spacial score (nSPS) is 12.4. The summed E-state index contributed by atoms with van der Waals surface area (Å²) < 4.78 is 2.02. The van der Waals surface area contributed by atoms with Crippen molar-refractivity contribution in [3.63, 3.8) is 0 Å². The van der Waals surface area contributed by atoms with Crippen LogP contribution in [0.15, 0.2) is 96.2 Å². The number of fused-ring (bicyclic) bond motifs is 1. The number of amides is 2. The fourth-order valence-electron chi connectivity index (χ4n) is 4.27. The van der Waals surface area contributed by atoms with Crippen molar-refractivity contribution in [2.75, 3.05) is 0 Å². The van der Waals surface area contributed by atoms with Gasteiger partial charge in [0.05, 0.1) is 12.1 Å². The maximum Gasteiger partial charge on any atom is 0.262 e. The van der Waals surface area contributed by atoms with Crippen LogP contribution < -0.4 is 10.7 Å². The van der Waals surface area contributed by atoms with Crippen molar-refractivity contribution in [1.29, 1.82) is 0 Å². The van der Waals surface area contributed by atoms with Gasteiger partial charge in [0, 0.05) is 29.7 Å². The van der Waals surface area contributed by atoms with Gasteiger partial charge in [-0.15, -0.1) is 0 Å². The van der Waals surface area contributed by atoms with Gasteiger partial charge in [0.15, 0.2) is 0 Å². The number of para-hydroxylation sites is 1. The quantitative estimate of drug-likeness (QED) is 0.294. The van der Waals surface area contributed by atoms with Crippen molar-refractivity contribution in [3.05, 3.63) is 108 Å². The van der Waals surface area contributed by atoms with Gasteiger partial charge < -0.3 is 9.88 Å². The Kier molecular flexibility index (Phi) is 7.41. The number of hydrazone groups is 1. The molecule has 1 atom stereocenters. The van der Waals surface area contributed by atoms with Crippen molar-refractivity contribution in [2.24, 2.45) is 18.1 Å². The summed E-state index contributed by atoms with van der Waals surface area (Å²) in [6.45, 7) is 3.80. The van der Waals surface area contributed by atoms with Gasteiger partial charge in [-0.1, -0.05) is 92.7 Å². The van der Waals surface area contributed by atoms with E-state index in [2.05, 4.69) is 15.8 Å². The minimum absolute atomic E-state index is 0.126. The third-order valence-corrected chi connectivity index (χ3v) is 6.08. The van der Waals surface area contributed by atoms with E-state index in [4.69, 9.17) is 0 Å². The second kappa shape index (κ2) is 10.8. The highest BCUT2D eigenvalue weighted by atomic mass is 16.2. The monoisotopic (exact) mass is 466 g/mol. The number of hydrogen-bond donors (Lipinski definition) is 2. The molecule has 0 saturated carbocycles. The van der Waals surface area contributed by atoms with Crippen LogP contribution in [-0.4, -0.2) is 28.6 Å². The Morgan fingerprint density at radius 1 is 0.829 bits per heavy atom. The molecule has 6 nitrogen and oxygen atoms in total. The number of nitrogens with zero attached hydrogens (tertiary/aromatic N) is 2. The summed E-state index contributed by atoms with van der Waals surface area (Å²) in [6, 6.07) is 26.5. The summed E-state index contributed by atoms with van der Waals surface area (Å²) in [4.78, 5) is 26.5. The van der Waals surface area contributed by atoms with E-state index >= 15 is 0 Å². The molecule has 0 aliphatic rings. The van der Waals surface area contributed by atoms with Gasteiger partial charge in [0.25, 0.3) is 5.91 Å². The predicted molar refractivity (Wildman–Crippen MR) is 140 cm³/mol. The van der Waals surface area contributed by atoms with Gasteiger partial charge in [-0.2, -0.15) is 5.10 Å². The van der Waals surface area contributed by atoms with Crippen LogP contribution in [-0.2, 0) is 16.6 Å². The van der Waals surface area contributed by atoms with Crippen LogP contribution in [0.1, 0.15) is 36.5 Å². The molecule has 0 aliphatic heterocycles. The Hall–Kier alpha value is -4.19. The van der Waals surface area contributed by atoms with Crippen LogP contribution >= 0.6 is 0 Å². The molecule has 0 fully saturated rings. The lowest BCUT2D eigenvalue weighted by Crippen LogP contribution is -2.50. The Balaban J connectivity index is 1.51. The number of nitrogens with one attached hydrogen (secondary N) is 2. The summed E-state index contributed by atoms with van der Waals surface area (Å²) in [5.41, 5.74) is 6.34. The first-order valence-corrected chi connectivity index (χ1v) is 11.7. The van der Waals surface area contributed by atoms with E-state index in [9.17, 15) is 9.59 Å². The molecule has 0 bridgehead atoms. The average Bonchev–Trinajstić information content (AvgIpc) is 3.19. The van der Waals surface area contributed by atoms with Crippen LogP contribution in [0.5, 0.6) is 0 Å². The van der Waals surface area contributed by atoms with Crippen LogP contribution in [0.4, 0.5) is 0 Å². The van der Waals surface area contributed by atoms with Gasteiger partial charge in [-0.05, 0) is 23.1 Å². The molecule has 1 aromatic heterocycles. The van der Waals surface area contributed by atoms with Gasteiger partial charge in [0.1, 0.15) is 6.04 Å². The zero-order valence-electron chi connectivity index (χ0n) is 20.2. The molecule has 6 heteroatoms. The lowest BCUT2D eigenvalue weighted by atomic mass is 9.89. The molecule has 2 amide bonds. The minimum Gasteiger partial charge on any atom is -0.350 e. The van der Waals surface area contributed by atoms with E-state index in [0.29, 0.717) is 0 Å². The van der Waals surface area contributed by atoms with Gasteiger partial charge in [-0.3, -0.25) is 9.59 Å². The summed E-state index contributed by atoms with van der Waals surface area (Å²) in [6.07, 6.45) is 3.60. The van der Waals surface area contributed by atoms with Crippen molar-refractivity contribution >= 4 is 28.9 Å². The highest BCUT2D eigenvalue weighted by Crippen LogP contribution is 2.25. The highest BCUT2D eigenvalue weighted by Gasteiger charge is 2.29. The molecule has 0 saturated heterocycles. The summed E-state index contributed by atoms with van der Waals surface area (Å²) >= 11 is 0.